The number of rotatable bonds is 2. The van der Waals surface area contributed by atoms with Gasteiger partial charge in [0.05, 0.1) is 4.47 Å². The number of nitrogens with zero attached hydrogens (tertiary/aromatic N) is 1. The molecule has 0 spiro atoms. The number of phenols is 1. The Morgan fingerprint density at radius 2 is 2.06 bits per heavy atom. The standard InChI is InChI=1S/C11H14BrNO2S/c12-10-3-1-2-9(11(10)14)8-13-4-6-16(15)7-5-13/h1-3,14H,4-8H2. The molecule has 0 aromatic heterocycles. The monoisotopic (exact) mass is 303 g/mol. The van der Waals surface area contributed by atoms with Crippen molar-refractivity contribution < 1.29 is 9.32 Å². The summed E-state index contributed by atoms with van der Waals surface area (Å²) in [7, 11) is -0.642. The van der Waals surface area contributed by atoms with Gasteiger partial charge in [0.1, 0.15) is 5.75 Å². The highest BCUT2D eigenvalue weighted by atomic mass is 79.9. The zero-order valence-electron chi connectivity index (χ0n) is 8.86. The van der Waals surface area contributed by atoms with Gasteiger partial charge in [-0.25, -0.2) is 0 Å². The second kappa shape index (κ2) is 5.29. The summed E-state index contributed by atoms with van der Waals surface area (Å²) in [5.41, 5.74) is 0.919. The van der Waals surface area contributed by atoms with Gasteiger partial charge in [0, 0.05) is 47.5 Å². The van der Waals surface area contributed by atoms with Crippen molar-refractivity contribution in [1.29, 1.82) is 0 Å². The van der Waals surface area contributed by atoms with Crippen LogP contribution >= 0.6 is 15.9 Å². The van der Waals surface area contributed by atoms with E-state index < -0.39 is 10.8 Å². The highest BCUT2D eigenvalue weighted by Gasteiger charge is 2.16. The van der Waals surface area contributed by atoms with Crippen LogP contribution in [-0.2, 0) is 17.3 Å². The average Bonchev–Trinajstić information content (AvgIpc) is 2.28. The van der Waals surface area contributed by atoms with Crippen LogP contribution in [0.4, 0.5) is 0 Å². The van der Waals surface area contributed by atoms with E-state index in [-0.39, 0.29) is 0 Å². The van der Waals surface area contributed by atoms with Gasteiger partial charge in [-0.1, -0.05) is 12.1 Å². The van der Waals surface area contributed by atoms with Gasteiger partial charge in [-0.3, -0.25) is 9.11 Å². The molecule has 2 rings (SSSR count). The Balaban J connectivity index is 2.04. The number of hydrogen-bond acceptors (Lipinski definition) is 3. The van der Waals surface area contributed by atoms with Gasteiger partial charge in [-0.15, -0.1) is 0 Å². The summed E-state index contributed by atoms with van der Waals surface area (Å²) in [5.74, 6) is 1.80. The third-order valence-corrected chi connectivity index (χ3v) is 4.65. The molecule has 1 N–H and O–H groups in total. The quantitative estimate of drug-likeness (QED) is 0.904. The topological polar surface area (TPSA) is 40.5 Å². The maximum Gasteiger partial charge on any atom is 0.134 e. The zero-order chi connectivity index (χ0) is 11.5. The van der Waals surface area contributed by atoms with E-state index in [9.17, 15) is 9.32 Å². The third kappa shape index (κ3) is 2.84. The summed E-state index contributed by atoms with van der Waals surface area (Å²) >= 11 is 3.30. The molecule has 1 aromatic carbocycles. The molecule has 1 heterocycles. The summed E-state index contributed by atoms with van der Waals surface area (Å²) in [5, 5.41) is 9.85. The van der Waals surface area contributed by atoms with Crippen LogP contribution in [0.15, 0.2) is 22.7 Å². The summed E-state index contributed by atoms with van der Waals surface area (Å²) in [4.78, 5) is 2.23. The average molecular weight is 304 g/mol. The molecule has 3 nitrogen and oxygen atoms in total. The summed E-state index contributed by atoms with van der Waals surface area (Å²) in [6.45, 7) is 2.42. The van der Waals surface area contributed by atoms with Gasteiger partial charge in [0.15, 0.2) is 0 Å². The molecule has 88 valence electrons. The number of aromatic hydroxyl groups is 1. The van der Waals surface area contributed by atoms with Crippen LogP contribution in [-0.4, -0.2) is 38.8 Å². The Labute approximate surface area is 106 Å². The molecule has 1 aliphatic heterocycles. The van der Waals surface area contributed by atoms with Crippen molar-refractivity contribution in [2.45, 2.75) is 6.54 Å². The molecule has 0 bridgehead atoms. The van der Waals surface area contributed by atoms with E-state index in [0.717, 1.165) is 41.2 Å². The molecule has 5 heteroatoms. The fraction of sp³-hybridized carbons (Fsp3) is 0.455. The number of para-hydroxylation sites is 1. The predicted octanol–water partition coefficient (Wildman–Crippen LogP) is 1.72. The zero-order valence-corrected chi connectivity index (χ0v) is 11.3. The normalized spacial score (nSPS) is 18.8. The van der Waals surface area contributed by atoms with Crippen molar-refractivity contribution in [2.24, 2.45) is 0 Å². The van der Waals surface area contributed by atoms with Crippen LogP contribution in [0, 0.1) is 0 Å². The smallest absolute Gasteiger partial charge is 0.134 e. The SMILES string of the molecule is O=S1CCN(Cc2cccc(Br)c2O)CC1. The van der Waals surface area contributed by atoms with E-state index in [4.69, 9.17) is 0 Å². The van der Waals surface area contributed by atoms with Crippen LogP contribution < -0.4 is 0 Å². The van der Waals surface area contributed by atoms with Gasteiger partial charge in [0.2, 0.25) is 0 Å². The van der Waals surface area contributed by atoms with Crippen molar-refractivity contribution in [3.63, 3.8) is 0 Å². The fourth-order valence-electron chi connectivity index (χ4n) is 1.76. The van der Waals surface area contributed by atoms with Crippen molar-refractivity contribution in [1.82, 2.24) is 4.90 Å². The molecular formula is C11H14BrNO2S. The molecule has 0 atom stereocenters. The van der Waals surface area contributed by atoms with Crippen LogP contribution in [0.2, 0.25) is 0 Å². The first-order chi connectivity index (χ1) is 7.66. The Hall–Kier alpha value is -0.390. The minimum atomic E-state index is -0.642. The molecule has 0 unspecified atom stereocenters. The molecule has 1 saturated heterocycles. The van der Waals surface area contributed by atoms with Gasteiger partial charge < -0.3 is 5.11 Å². The van der Waals surface area contributed by atoms with E-state index in [2.05, 4.69) is 20.8 Å². The first-order valence-corrected chi connectivity index (χ1v) is 7.48. The van der Waals surface area contributed by atoms with E-state index in [1.807, 2.05) is 18.2 Å². The molecule has 1 aromatic rings. The van der Waals surface area contributed by atoms with Gasteiger partial charge in [-0.2, -0.15) is 0 Å². The molecule has 1 aliphatic rings. The number of benzene rings is 1. The van der Waals surface area contributed by atoms with Gasteiger partial charge in [-0.05, 0) is 22.0 Å². The Morgan fingerprint density at radius 1 is 1.38 bits per heavy atom. The first-order valence-electron chi connectivity index (χ1n) is 5.20. The van der Waals surface area contributed by atoms with Crippen molar-refractivity contribution >= 4 is 26.7 Å². The Morgan fingerprint density at radius 3 is 2.75 bits per heavy atom. The number of hydrogen-bond donors (Lipinski definition) is 1. The fourth-order valence-corrected chi connectivity index (χ4v) is 3.30. The van der Waals surface area contributed by atoms with Crippen LogP contribution in [0.25, 0.3) is 0 Å². The first kappa shape index (κ1) is 12.1. The second-order valence-corrected chi connectivity index (χ2v) is 6.42. The van der Waals surface area contributed by atoms with Crippen molar-refractivity contribution in [3.05, 3.63) is 28.2 Å². The summed E-state index contributed by atoms with van der Waals surface area (Å²) in [6.07, 6.45) is 0. The van der Waals surface area contributed by atoms with Gasteiger partial charge >= 0.3 is 0 Å². The molecule has 0 amide bonds. The lowest BCUT2D eigenvalue weighted by Gasteiger charge is -2.26. The van der Waals surface area contributed by atoms with E-state index in [0.29, 0.717) is 5.75 Å². The minimum Gasteiger partial charge on any atom is -0.506 e. The second-order valence-electron chi connectivity index (χ2n) is 3.87. The lowest BCUT2D eigenvalue weighted by Crippen LogP contribution is -2.37. The third-order valence-electron chi connectivity index (χ3n) is 2.73. The lowest BCUT2D eigenvalue weighted by atomic mass is 10.2. The Bertz CT molecular complexity index is 401. The van der Waals surface area contributed by atoms with E-state index in [1.165, 1.54) is 0 Å². The highest BCUT2D eigenvalue weighted by molar-refractivity contribution is 9.10. The summed E-state index contributed by atoms with van der Waals surface area (Å²) in [6, 6.07) is 5.66. The maximum absolute atomic E-state index is 11.2. The largest absolute Gasteiger partial charge is 0.506 e. The van der Waals surface area contributed by atoms with Crippen LogP contribution in [0.3, 0.4) is 0 Å². The molecular weight excluding hydrogens is 290 g/mol. The van der Waals surface area contributed by atoms with E-state index in [1.54, 1.807) is 0 Å². The molecule has 1 fully saturated rings. The van der Waals surface area contributed by atoms with Gasteiger partial charge in [0.25, 0.3) is 0 Å². The highest BCUT2D eigenvalue weighted by Crippen LogP contribution is 2.28. The predicted molar refractivity (Wildman–Crippen MR) is 69.0 cm³/mol. The molecule has 0 radical (unpaired) electrons. The maximum atomic E-state index is 11.2. The van der Waals surface area contributed by atoms with Crippen molar-refractivity contribution in [2.75, 3.05) is 24.6 Å². The van der Waals surface area contributed by atoms with Crippen LogP contribution in [0.1, 0.15) is 5.56 Å². The Kier molecular flexibility index (Phi) is 4.00. The lowest BCUT2D eigenvalue weighted by molar-refractivity contribution is 0.286. The van der Waals surface area contributed by atoms with Crippen molar-refractivity contribution in [3.8, 4) is 5.75 Å². The number of halogens is 1. The molecule has 16 heavy (non-hydrogen) atoms. The minimum absolute atomic E-state index is 0.314. The van der Waals surface area contributed by atoms with Crippen LogP contribution in [0.5, 0.6) is 5.75 Å². The molecule has 0 saturated carbocycles. The number of phenolic OH excluding ortho intramolecular Hbond substituents is 1. The molecule has 0 aliphatic carbocycles. The van der Waals surface area contributed by atoms with E-state index >= 15 is 0 Å². The summed E-state index contributed by atoms with van der Waals surface area (Å²) < 4.78 is 11.9.